The maximum absolute atomic E-state index is 14.6. The van der Waals surface area contributed by atoms with E-state index in [2.05, 4.69) is 55.3 Å². The molecule has 2 aromatic rings. The molecule has 1 aliphatic carbocycles. The Bertz CT molecular complexity index is 957. The molecule has 1 aliphatic heterocycles. The van der Waals surface area contributed by atoms with Crippen LogP contribution in [0.15, 0.2) is 37.0 Å². The highest BCUT2D eigenvalue weighted by atomic mass is 19.1. The summed E-state index contributed by atoms with van der Waals surface area (Å²) in [6, 6.07) is 8.48. The third-order valence-electron chi connectivity index (χ3n) is 6.13. The van der Waals surface area contributed by atoms with Gasteiger partial charge in [-0.05, 0) is 66.5 Å². The van der Waals surface area contributed by atoms with Crippen molar-refractivity contribution in [1.29, 1.82) is 0 Å². The zero-order valence-corrected chi connectivity index (χ0v) is 16.5. The number of halogens is 1. The van der Waals surface area contributed by atoms with Gasteiger partial charge >= 0.3 is 0 Å². The van der Waals surface area contributed by atoms with E-state index in [1.807, 2.05) is 26.1 Å². The lowest BCUT2D eigenvalue weighted by molar-refractivity contribution is 0.392. The lowest BCUT2D eigenvalue weighted by Crippen LogP contribution is -2.28. The summed E-state index contributed by atoms with van der Waals surface area (Å²) in [6.45, 7) is 12.4. The lowest BCUT2D eigenvalue weighted by atomic mass is 9.73. The molecule has 1 heterocycles. The van der Waals surface area contributed by atoms with Gasteiger partial charge in [-0.3, -0.25) is 0 Å². The van der Waals surface area contributed by atoms with Gasteiger partial charge in [0.25, 0.3) is 0 Å². The van der Waals surface area contributed by atoms with Crippen molar-refractivity contribution >= 4 is 17.5 Å². The zero-order valence-electron chi connectivity index (χ0n) is 16.5. The van der Waals surface area contributed by atoms with E-state index in [4.69, 9.17) is 0 Å². The molecule has 140 valence electrons. The first kappa shape index (κ1) is 17.8. The summed E-state index contributed by atoms with van der Waals surface area (Å²) in [4.78, 5) is 0. The number of aryl methyl sites for hydroxylation is 1. The zero-order chi connectivity index (χ0) is 19.3. The molecule has 0 bridgehead atoms. The molecule has 3 atom stereocenters. The Morgan fingerprint density at radius 1 is 1.22 bits per heavy atom. The molecule has 0 radical (unpaired) electrons. The fraction of sp³-hybridized carbons (Fsp3) is 0.333. The van der Waals surface area contributed by atoms with E-state index < -0.39 is 0 Å². The van der Waals surface area contributed by atoms with Crippen LogP contribution in [0.1, 0.15) is 65.6 Å². The van der Waals surface area contributed by atoms with E-state index in [-0.39, 0.29) is 11.9 Å². The Kier molecular flexibility index (Phi) is 4.33. The fourth-order valence-corrected chi connectivity index (χ4v) is 4.86. The van der Waals surface area contributed by atoms with Gasteiger partial charge in [-0.1, -0.05) is 38.6 Å². The number of nitrogens with one attached hydrogen (secondary N) is 2. The van der Waals surface area contributed by atoms with E-state index in [1.54, 1.807) is 0 Å². The van der Waals surface area contributed by atoms with E-state index in [1.165, 1.54) is 11.1 Å². The number of hydrogen-bond acceptors (Lipinski definition) is 2. The van der Waals surface area contributed by atoms with Crippen molar-refractivity contribution in [2.75, 3.05) is 5.32 Å². The van der Waals surface area contributed by atoms with Crippen LogP contribution < -0.4 is 10.6 Å². The first-order valence-corrected chi connectivity index (χ1v) is 9.70. The summed E-state index contributed by atoms with van der Waals surface area (Å²) >= 11 is 0. The second-order valence-corrected chi connectivity index (χ2v) is 8.09. The number of anilines is 1. The lowest BCUT2D eigenvalue weighted by Gasteiger charge is -2.38. The van der Waals surface area contributed by atoms with Gasteiger partial charge < -0.3 is 10.6 Å². The second kappa shape index (κ2) is 6.56. The van der Waals surface area contributed by atoms with Crippen molar-refractivity contribution in [3.8, 4) is 0 Å². The third-order valence-corrected chi connectivity index (χ3v) is 6.13. The summed E-state index contributed by atoms with van der Waals surface area (Å²) < 4.78 is 14.6. The average molecular weight is 362 g/mol. The summed E-state index contributed by atoms with van der Waals surface area (Å²) in [5.74, 6) is 0.773. The molecular formula is C24H27FN2. The Morgan fingerprint density at radius 2 is 2.00 bits per heavy atom. The Hall–Kier alpha value is -2.55. The topological polar surface area (TPSA) is 24.1 Å². The molecule has 0 aromatic heterocycles. The van der Waals surface area contributed by atoms with Crippen LogP contribution >= 0.6 is 0 Å². The highest BCUT2D eigenvalue weighted by molar-refractivity contribution is 5.83. The second-order valence-electron chi connectivity index (χ2n) is 8.09. The van der Waals surface area contributed by atoms with Crippen LogP contribution in [0.5, 0.6) is 0 Å². The molecule has 2 aliphatic rings. The van der Waals surface area contributed by atoms with Crippen LogP contribution in [0.4, 0.5) is 10.1 Å². The molecule has 3 unspecified atom stereocenters. The van der Waals surface area contributed by atoms with Gasteiger partial charge in [-0.15, -0.1) is 0 Å². The minimum absolute atomic E-state index is 0.0590. The van der Waals surface area contributed by atoms with Crippen LogP contribution in [0.3, 0.4) is 0 Å². The number of benzene rings is 2. The van der Waals surface area contributed by atoms with Gasteiger partial charge in [0.2, 0.25) is 0 Å². The van der Waals surface area contributed by atoms with Crippen molar-refractivity contribution in [1.82, 2.24) is 5.32 Å². The maximum atomic E-state index is 14.6. The quantitative estimate of drug-likeness (QED) is 0.656. The molecule has 0 amide bonds. The largest absolute Gasteiger partial charge is 0.377 e. The van der Waals surface area contributed by atoms with Crippen molar-refractivity contribution in [3.05, 3.63) is 76.2 Å². The van der Waals surface area contributed by atoms with E-state index >= 15 is 0 Å². The van der Waals surface area contributed by atoms with Gasteiger partial charge in [0, 0.05) is 28.7 Å². The van der Waals surface area contributed by atoms with E-state index in [0.29, 0.717) is 11.8 Å². The molecule has 0 fully saturated rings. The van der Waals surface area contributed by atoms with Crippen molar-refractivity contribution < 1.29 is 4.39 Å². The predicted octanol–water partition coefficient (Wildman–Crippen LogP) is 6.28. The van der Waals surface area contributed by atoms with Gasteiger partial charge in [-0.2, -0.15) is 0 Å². The number of fused-ring (bicyclic) bond motifs is 2. The minimum atomic E-state index is -0.0590. The van der Waals surface area contributed by atoms with Crippen LogP contribution in [-0.2, 0) is 0 Å². The minimum Gasteiger partial charge on any atom is -0.377 e. The molecule has 4 rings (SSSR count). The summed E-state index contributed by atoms with van der Waals surface area (Å²) in [6.07, 6.45) is 5.07. The summed E-state index contributed by atoms with van der Waals surface area (Å²) in [7, 11) is 0. The van der Waals surface area contributed by atoms with Crippen LogP contribution in [0, 0.1) is 25.6 Å². The summed E-state index contributed by atoms with van der Waals surface area (Å²) in [5, 5.41) is 6.96. The monoisotopic (exact) mass is 362 g/mol. The molecule has 3 heteroatoms. The molecule has 0 saturated carbocycles. The Labute approximate surface area is 161 Å². The molecule has 0 spiro atoms. The Balaban J connectivity index is 1.81. The van der Waals surface area contributed by atoms with Gasteiger partial charge in [-0.25, -0.2) is 4.39 Å². The smallest absolute Gasteiger partial charge is 0.129 e. The SMILES string of the molecule is C=C1NC=Cc2c(NC3c4cc(C)c(F)c(C)c4C(C)CC3C)cccc21. The van der Waals surface area contributed by atoms with Crippen LogP contribution in [0.2, 0.25) is 0 Å². The highest BCUT2D eigenvalue weighted by Crippen LogP contribution is 2.45. The predicted molar refractivity (Wildman–Crippen MR) is 112 cm³/mol. The average Bonchev–Trinajstić information content (AvgIpc) is 2.63. The Morgan fingerprint density at radius 3 is 2.78 bits per heavy atom. The molecule has 27 heavy (non-hydrogen) atoms. The maximum Gasteiger partial charge on any atom is 0.129 e. The van der Waals surface area contributed by atoms with Crippen LogP contribution in [0.25, 0.3) is 11.8 Å². The van der Waals surface area contributed by atoms with Gasteiger partial charge in [0.05, 0.1) is 6.04 Å². The van der Waals surface area contributed by atoms with Crippen molar-refractivity contribution in [2.24, 2.45) is 5.92 Å². The van der Waals surface area contributed by atoms with Gasteiger partial charge in [0.1, 0.15) is 5.82 Å². The first-order valence-electron chi connectivity index (χ1n) is 9.70. The molecular weight excluding hydrogens is 335 g/mol. The molecule has 0 saturated heterocycles. The number of hydrogen-bond donors (Lipinski definition) is 2. The standard InChI is InChI=1S/C24H27FN2/c1-13-11-15(3)24(20-12-14(2)23(25)16(4)22(13)20)27-21-8-6-7-18-17(5)26-10-9-19(18)21/h6-10,12-13,15,24,26-27H,5,11H2,1-4H3. The van der Waals surface area contributed by atoms with E-state index in [9.17, 15) is 4.39 Å². The molecule has 2 nitrogen and oxygen atoms in total. The van der Waals surface area contributed by atoms with Crippen molar-refractivity contribution in [2.45, 2.75) is 46.1 Å². The molecule has 2 aromatic carbocycles. The van der Waals surface area contributed by atoms with Crippen LogP contribution in [-0.4, -0.2) is 0 Å². The fourth-order valence-electron chi connectivity index (χ4n) is 4.86. The highest BCUT2D eigenvalue weighted by Gasteiger charge is 2.33. The number of rotatable bonds is 2. The van der Waals surface area contributed by atoms with Crippen molar-refractivity contribution in [3.63, 3.8) is 0 Å². The first-order chi connectivity index (χ1) is 12.9. The molecule has 2 N–H and O–H groups in total. The van der Waals surface area contributed by atoms with E-state index in [0.717, 1.165) is 40.1 Å². The van der Waals surface area contributed by atoms with Gasteiger partial charge in [0.15, 0.2) is 0 Å². The normalized spacial score (nSPS) is 23.4. The summed E-state index contributed by atoms with van der Waals surface area (Å²) in [5.41, 5.74) is 8.25. The third kappa shape index (κ3) is 2.86.